The van der Waals surface area contributed by atoms with Gasteiger partial charge in [-0.3, -0.25) is 4.79 Å². The molecule has 0 radical (unpaired) electrons. The van der Waals surface area contributed by atoms with Gasteiger partial charge in [-0.15, -0.1) is 0 Å². The number of hydrogen-bond acceptors (Lipinski definition) is 2. The molecule has 1 heterocycles. The van der Waals surface area contributed by atoms with Crippen LogP contribution in [0.5, 0.6) is 0 Å². The highest BCUT2D eigenvalue weighted by molar-refractivity contribution is 5.82. The van der Waals surface area contributed by atoms with Gasteiger partial charge in [0.05, 0.1) is 6.04 Å². The first-order valence-electron chi connectivity index (χ1n) is 9.60. The molecule has 0 amide bonds. The molecule has 0 aromatic rings. The molecule has 4 fully saturated rings. The molecule has 2 heteroatoms. The van der Waals surface area contributed by atoms with Crippen molar-refractivity contribution in [2.45, 2.75) is 85.1 Å². The molecule has 3 saturated carbocycles. The Labute approximate surface area is 136 Å². The molecule has 22 heavy (non-hydrogen) atoms. The summed E-state index contributed by atoms with van der Waals surface area (Å²) in [6, 6.07) is 0.0799. The Kier molecular flexibility index (Phi) is 4.44. The molecule has 5 atom stereocenters. The van der Waals surface area contributed by atoms with Gasteiger partial charge in [-0.2, -0.15) is 0 Å². The highest BCUT2D eigenvalue weighted by Gasteiger charge is 2.58. The van der Waals surface area contributed by atoms with Gasteiger partial charge in [-0.05, 0) is 61.3 Å². The molecule has 2 bridgehead atoms. The van der Waals surface area contributed by atoms with Crippen molar-refractivity contribution in [1.82, 2.24) is 5.32 Å². The second kappa shape index (κ2) is 5.92. The summed E-state index contributed by atoms with van der Waals surface area (Å²) >= 11 is 0. The lowest BCUT2D eigenvalue weighted by molar-refractivity contribution is -0.126. The fourth-order valence-electron chi connectivity index (χ4n) is 5.58. The molecular weight excluding hydrogens is 270 g/mol. The summed E-state index contributed by atoms with van der Waals surface area (Å²) < 4.78 is 0. The molecule has 1 saturated heterocycles. The standard InChI is InChI=1S/C12H21NO.C8H14/c1-8(14)10-12(4)6-5-9(7-13-10)11(12,2)3;1-2-4-7-6-8(7)5-3-1/h9-10,13H,5-7H2,1-4H3;7-8H,1-6H2/t9?,10?,12-;/m1./s1. The zero-order valence-corrected chi connectivity index (χ0v) is 15.1. The Balaban J connectivity index is 0.000000151. The average Bonchev–Trinajstić information content (AvgIpc) is 3.16. The minimum Gasteiger partial charge on any atom is -0.307 e. The van der Waals surface area contributed by atoms with E-state index >= 15 is 0 Å². The summed E-state index contributed by atoms with van der Waals surface area (Å²) in [6.45, 7) is 9.69. The van der Waals surface area contributed by atoms with Crippen molar-refractivity contribution >= 4 is 5.78 Å². The van der Waals surface area contributed by atoms with E-state index in [9.17, 15) is 4.79 Å². The number of nitrogens with one attached hydrogen (secondary N) is 1. The molecule has 0 spiro atoms. The summed E-state index contributed by atoms with van der Waals surface area (Å²) in [6.07, 6.45) is 11.8. The van der Waals surface area contributed by atoms with Crippen molar-refractivity contribution in [3.05, 3.63) is 0 Å². The van der Waals surface area contributed by atoms with E-state index in [0.29, 0.717) is 11.2 Å². The zero-order valence-electron chi connectivity index (χ0n) is 15.1. The van der Waals surface area contributed by atoms with Crippen LogP contribution in [0.4, 0.5) is 0 Å². The Morgan fingerprint density at radius 3 is 2.23 bits per heavy atom. The van der Waals surface area contributed by atoms with Crippen molar-refractivity contribution in [2.24, 2.45) is 28.6 Å². The predicted molar refractivity (Wildman–Crippen MR) is 91.8 cm³/mol. The Morgan fingerprint density at radius 1 is 1.00 bits per heavy atom. The summed E-state index contributed by atoms with van der Waals surface area (Å²) in [5, 5.41) is 3.43. The van der Waals surface area contributed by atoms with E-state index in [0.717, 1.165) is 12.5 Å². The van der Waals surface area contributed by atoms with Gasteiger partial charge in [0.25, 0.3) is 0 Å². The zero-order chi connectivity index (χ0) is 16.0. The Hall–Kier alpha value is -0.370. The molecule has 4 rings (SSSR count). The number of ketones is 1. The first-order chi connectivity index (χ1) is 10.4. The highest BCUT2D eigenvalue weighted by Crippen LogP contribution is 2.59. The monoisotopic (exact) mass is 305 g/mol. The number of fused-ring (bicyclic) bond motifs is 3. The van der Waals surface area contributed by atoms with Crippen LogP contribution >= 0.6 is 0 Å². The van der Waals surface area contributed by atoms with Gasteiger partial charge in [0, 0.05) is 0 Å². The van der Waals surface area contributed by atoms with E-state index in [2.05, 4.69) is 26.1 Å². The largest absolute Gasteiger partial charge is 0.307 e. The third-order valence-electron chi connectivity index (χ3n) is 7.84. The van der Waals surface area contributed by atoms with Crippen LogP contribution in [0.1, 0.15) is 79.1 Å². The van der Waals surface area contributed by atoms with Gasteiger partial charge >= 0.3 is 0 Å². The highest BCUT2D eigenvalue weighted by atomic mass is 16.1. The SMILES string of the molecule is C1CCC2CC2CC1.CC(=O)C1NCC2CC[C@@]1(C)C2(C)C. The molecule has 4 unspecified atom stereocenters. The van der Waals surface area contributed by atoms with Crippen molar-refractivity contribution in [3.63, 3.8) is 0 Å². The second-order valence-corrected chi connectivity index (χ2v) is 9.22. The first kappa shape index (κ1) is 16.5. The quantitative estimate of drug-likeness (QED) is 0.768. The van der Waals surface area contributed by atoms with Crippen LogP contribution in [0.15, 0.2) is 0 Å². The normalized spacial score (nSPS) is 45.1. The maximum atomic E-state index is 11.6. The van der Waals surface area contributed by atoms with E-state index in [-0.39, 0.29) is 11.5 Å². The molecule has 2 nitrogen and oxygen atoms in total. The van der Waals surface area contributed by atoms with E-state index < -0.39 is 0 Å². The molecule has 0 aromatic carbocycles. The lowest BCUT2D eigenvalue weighted by atomic mass is 9.59. The van der Waals surface area contributed by atoms with Crippen LogP contribution in [0.3, 0.4) is 0 Å². The lowest BCUT2D eigenvalue weighted by Crippen LogP contribution is -2.59. The minimum atomic E-state index is 0.0799. The lowest BCUT2D eigenvalue weighted by Gasteiger charge is -2.50. The first-order valence-corrected chi connectivity index (χ1v) is 9.60. The maximum Gasteiger partial charge on any atom is 0.147 e. The second-order valence-electron chi connectivity index (χ2n) is 9.22. The van der Waals surface area contributed by atoms with Crippen molar-refractivity contribution in [2.75, 3.05) is 6.54 Å². The smallest absolute Gasteiger partial charge is 0.147 e. The van der Waals surface area contributed by atoms with Crippen LogP contribution in [0, 0.1) is 28.6 Å². The van der Waals surface area contributed by atoms with Gasteiger partial charge in [0.15, 0.2) is 0 Å². The fraction of sp³-hybridized carbons (Fsp3) is 0.950. The number of piperidine rings is 1. The Bertz CT molecular complexity index is 419. The van der Waals surface area contributed by atoms with Crippen molar-refractivity contribution in [3.8, 4) is 0 Å². The van der Waals surface area contributed by atoms with E-state index in [4.69, 9.17) is 0 Å². The number of carbonyl (C=O) groups is 1. The van der Waals surface area contributed by atoms with Gasteiger partial charge < -0.3 is 5.32 Å². The van der Waals surface area contributed by atoms with E-state index in [1.807, 2.05) is 0 Å². The summed E-state index contributed by atoms with van der Waals surface area (Å²) in [5.41, 5.74) is 0.482. The van der Waals surface area contributed by atoms with E-state index in [1.54, 1.807) is 26.2 Å². The molecular formula is C20H35NO. The van der Waals surface area contributed by atoms with Gasteiger partial charge in [0.2, 0.25) is 0 Å². The van der Waals surface area contributed by atoms with Gasteiger partial charge in [0.1, 0.15) is 5.78 Å². The average molecular weight is 306 g/mol. The molecule has 4 aliphatic rings. The predicted octanol–water partition coefficient (Wildman–Crippen LogP) is 4.58. The molecule has 126 valence electrons. The number of carbonyl (C=O) groups excluding carboxylic acids is 1. The Morgan fingerprint density at radius 2 is 1.64 bits per heavy atom. The van der Waals surface area contributed by atoms with Crippen LogP contribution in [-0.4, -0.2) is 18.4 Å². The van der Waals surface area contributed by atoms with Gasteiger partial charge in [-0.1, -0.05) is 52.9 Å². The fourth-order valence-corrected chi connectivity index (χ4v) is 5.58. The topological polar surface area (TPSA) is 29.1 Å². The van der Waals surface area contributed by atoms with Gasteiger partial charge in [-0.25, -0.2) is 0 Å². The molecule has 1 N–H and O–H groups in total. The summed E-state index contributed by atoms with van der Waals surface area (Å²) in [4.78, 5) is 11.6. The minimum absolute atomic E-state index is 0.0799. The number of Topliss-reactive ketones (excluding diaryl/α,β-unsaturated/α-hetero) is 1. The third kappa shape index (κ3) is 2.77. The van der Waals surface area contributed by atoms with Crippen molar-refractivity contribution < 1.29 is 4.79 Å². The molecule has 3 aliphatic carbocycles. The van der Waals surface area contributed by atoms with Crippen LogP contribution < -0.4 is 5.32 Å². The number of rotatable bonds is 1. The summed E-state index contributed by atoms with van der Waals surface area (Å²) in [7, 11) is 0. The van der Waals surface area contributed by atoms with E-state index in [1.165, 1.54) is 43.9 Å². The van der Waals surface area contributed by atoms with Crippen molar-refractivity contribution in [1.29, 1.82) is 0 Å². The maximum absolute atomic E-state index is 11.6. The number of hydrogen-bond donors (Lipinski definition) is 1. The molecule has 0 aromatic heterocycles. The van der Waals surface area contributed by atoms with Crippen LogP contribution in [0.2, 0.25) is 0 Å². The summed E-state index contributed by atoms with van der Waals surface area (Å²) in [5.74, 6) is 3.44. The molecule has 1 aliphatic heterocycles. The third-order valence-corrected chi connectivity index (χ3v) is 7.84. The van der Waals surface area contributed by atoms with Crippen LogP contribution in [0.25, 0.3) is 0 Å². The van der Waals surface area contributed by atoms with Crippen LogP contribution in [-0.2, 0) is 4.79 Å².